The van der Waals surface area contributed by atoms with E-state index in [1.165, 1.54) is 11.1 Å². The second-order valence-electron chi connectivity index (χ2n) is 6.13. The normalized spacial score (nSPS) is 13.6. The van der Waals surface area contributed by atoms with E-state index in [1.807, 2.05) is 18.2 Å². The van der Waals surface area contributed by atoms with Gasteiger partial charge < -0.3 is 9.73 Å². The second-order valence-corrected chi connectivity index (χ2v) is 6.57. The molecule has 0 radical (unpaired) electrons. The van der Waals surface area contributed by atoms with E-state index in [9.17, 15) is 0 Å². The van der Waals surface area contributed by atoms with E-state index < -0.39 is 0 Å². The average Bonchev–Trinajstić information content (AvgIpc) is 3.14. The third-order valence-electron chi connectivity index (χ3n) is 4.46. The molecule has 3 rings (SSSR count). The van der Waals surface area contributed by atoms with E-state index in [2.05, 4.69) is 60.8 Å². The molecule has 2 nitrogen and oxygen atoms in total. The van der Waals surface area contributed by atoms with Gasteiger partial charge in [0.05, 0.1) is 12.8 Å². The van der Waals surface area contributed by atoms with Gasteiger partial charge in [-0.15, -0.1) is 0 Å². The summed E-state index contributed by atoms with van der Waals surface area (Å²) in [5.41, 5.74) is 2.61. The lowest BCUT2D eigenvalue weighted by molar-refractivity contribution is -0.693. The summed E-state index contributed by atoms with van der Waals surface area (Å²) in [6.45, 7) is 3.26. The van der Waals surface area contributed by atoms with Gasteiger partial charge in [0.25, 0.3) is 0 Å². The van der Waals surface area contributed by atoms with Gasteiger partial charge in [-0.25, -0.2) is 0 Å². The molecule has 0 saturated heterocycles. The van der Waals surface area contributed by atoms with Crippen molar-refractivity contribution in [2.75, 3.05) is 6.54 Å². The number of quaternary nitrogens is 1. The Kier molecular flexibility index (Phi) is 5.73. The van der Waals surface area contributed by atoms with E-state index in [0.29, 0.717) is 12.0 Å². The van der Waals surface area contributed by atoms with Crippen LogP contribution in [0, 0.1) is 0 Å². The number of nitrogens with two attached hydrogens (primary N) is 1. The van der Waals surface area contributed by atoms with Crippen molar-refractivity contribution in [3.8, 4) is 0 Å². The molecule has 0 bridgehead atoms. The van der Waals surface area contributed by atoms with Gasteiger partial charge in [-0.05, 0) is 36.8 Å². The maximum absolute atomic E-state index is 5.97. The Balaban J connectivity index is 1.63. The van der Waals surface area contributed by atoms with Gasteiger partial charge >= 0.3 is 0 Å². The highest BCUT2D eigenvalue weighted by Gasteiger charge is 2.18. The largest absolute Gasteiger partial charge is 0.469 e. The number of hydrogen-bond donors (Lipinski definition) is 1. The summed E-state index contributed by atoms with van der Waals surface area (Å²) in [7, 11) is 0. The Bertz CT molecular complexity index is 722. The first-order valence-electron chi connectivity index (χ1n) is 8.41. The number of benzene rings is 2. The second kappa shape index (κ2) is 8.18. The van der Waals surface area contributed by atoms with Crippen molar-refractivity contribution in [2.45, 2.75) is 25.3 Å². The van der Waals surface area contributed by atoms with Crippen molar-refractivity contribution < 1.29 is 9.73 Å². The monoisotopic (exact) mass is 340 g/mol. The summed E-state index contributed by atoms with van der Waals surface area (Å²) in [5.74, 6) is 1.34. The minimum absolute atomic E-state index is 0.301. The Morgan fingerprint density at radius 2 is 1.67 bits per heavy atom. The smallest absolute Gasteiger partial charge is 0.111 e. The van der Waals surface area contributed by atoms with Gasteiger partial charge in [0.1, 0.15) is 11.8 Å². The Hall–Kier alpha value is -2.03. The molecule has 24 heavy (non-hydrogen) atoms. The first-order chi connectivity index (χ1) is 11.7. The highest BCUT2D eigenvalue weighted by atomic mass is 35.5. The van der Waals surface area contributed by atoms with Gasteiger partial charge in [0.2, 0.25) is 0 Å². The Morgan fingerprint density at radius 1 is 0.917 bits per heavy atom. The van der Waals surface area contributed by atoms with Gasteiger partial charge in [0, 0.05) is 22.9 Å². The molecule has 0 spiro atoms. The molecule has 0 aliphatic heterocycles. The first-order valence-corrected chi connectivity index (χ1v) is 8.79. The molecule has 0 aliphatic rings. The van der Waals surface area contributed by atoms with Crippen molar-refractivity contribution in [1.82, 2.24) is 0 Å². The first kappa shape index (κ1) is 16.8. The molecule has 3 heteroatoms. The summed E-state index contributed by atoms with van der Waals surface area (Å²) in [5, 5.41) is 3.16. The fourth-order valence-electron chi connectivity index (χ4n) is 3.06. The van der Waals surface area contributed by atoms with E-state index in [4.69, 9.17) is 16.0 Å². The van der Waals surface area contributed by atoms with E-state index in [-0.39, 0.29) is 0 Å². The molecule has 1 heterocycles. The van der Waals surface area contributed by atoms with Crippen molar-refractivity contribution >= 4 is 11.6 Å². The molecule has 2 atom stereocenters. The molecule has 2 N–H and O–H groups in total. The topological polar surface area (TPSA) is 29.8 Å². The lowest BCUT2D eigenvalue weighted by atomic mass is 9.93. The minimum Gasteiger partial charge on any atom is -0.469 e. The summed E-state index contributed by atoms with van der Waals surface area (Å²) in [6, 6.07) is 23.1. The van der Waals surface area contributed by atoms with Crippen molar-refractivity contribution in [2.24, 2.45) is 0 Å². The fraction of sp³-hybridized carbons (Fsp3) is 0.238. The number of halogens is 1. The van der Waals surface area contributed by atoms with Crippen molar-refractivity contribution in [3.63, 3.8) is 0 Å². The lowest BCUT2D eigenvalue weighted by Crippen LogP contribution is -2.84. The molecule has 0 unspecified atom stereocenters. The van der Waals surface area contributed by atoms with Crippen molar-refractivity contribution in [3.05, 3.63) is 94.9 Å². The molecular formula is C21H23ClNO+. The average molecular weight is 341 g/mol. The van der Waals surface area contributed by atoms with Gasteiger partial charge in [-0.1, -0.05) is 54.1 Å². The van der Waals surface area contributed by atoms with Crippen LogP contribution in [0.4, 0.5) is 0 Å². The Labute approximate surface area is 148 Å². The minimum atomic E-state index is 0.301. The zero-order chi connectivity index (χ0) is 16.8. The third-order valence-corrected chi connectivity index (χ3v) is 4.71. The summed E-state index contributed by atoms with van der Waals surface area (Å²) < 4.78 is 5.68. The zero-order valence-electron chi connectivity index (χ0n) is 13.9. The van der Waals surface area contributed by atoms with E-state index in [1.54, 1.807) is 6.26 Å². The number of furan rings is 1. The number of rotatable bonds is 7. The van der Waals surface area contributed by atoms with E-state index in [0.717, 1.165) is 23.7 Å². The molecule has 0 amide bonds. The van der Waals surface area contributed by atoms with Crippen LogP contribution in [-0.2, 0) is 0 Å². The molecule has 2 aromatic carbocycles. The van der Waals surface area contributed by atoms with Crippen LogP contribution >= 0.6 is 11.6 Å². The van der Waals surface area contributed by atoms with E-state index >= 15 is 0 Å². The van der Waals surface area contributed by atoms with Gasteiger partial charge in [-0.2, -0.15) is 0 Å². The van der Waals surface area contributed by atoms with Crippen LogP contribution in [0.3, 0.4) is 0 Å². The van der Waals surface area contributed by atoms with Crippen LogP contribution in [0.1, 0.15) is 42.2 Å². The summed E-state index contributed by atoms with van der Waals surface area (Å²) in [4.78, 5) is 0. The zero-order valence-corrected chi connectivity index (χ0v) is 14.6. The van der Waals surface area contributed by atoms with Crippen LogP contribution in [0.5, 0.6) is 0 Å². The maximum Gasteiger partial charge on any atom is 0.111 e. The molecule has 1 aromatic heterocycles. The molecule has 124 valence electrons. The molecule has 0 aliphatic carbocycles. The fourth-order valence-corrected chi connectivity index (χ4v) is 3.19. The predicted molar refractivity (Wildman–Crippen MR) is 98.3 cm³/mol. The Morgan fingerprint density at radius 3 is 2.33 bits per heavy atom. The molecule has 0 saturated carbocycles. The molecular weight excluding hydrogens is 318 g/mol. The molecule has 0 fully saturated rings. The predicted octanol–water partition coefficient (Wildman–Crippen LogP) is 4.78. The quantitative estimate of drug-likeness (QED) is 0.659. The highest BCUT2D eigenvalue weighted by Crippen LogP contribution is 2.27. The SMILES string of the molecule is C[C@@H]([NH2+]CC[C@@H](c1ccccc1)c1ccco1)c1ccc(Cl)cc1. The summed E-state index contributed by atoms with van der Waals surface area (Å²) >= 11 is 5.97. The third kappa shape index (κ3) is 4.28. The maximum atomic E-state index is 5.97. The van der Waals surface area contributed by atoms with Crippen LogP contribution in [-0.4, -0.2) is 6.54 Å². The highest BCUT2D eigenvalue weighted by molar-refractivity contribution is 6.30. The standard InChI is InChI=1S/C21H22ClNO/c1-16(17-9-11-19(22)12-10-17)23-14-13-20(21-8-5-15-24-21)18-6-3-2-4-7-18/h2-12,15-16,20,23H,13-14H2,1H3/p+1/t16-,20+/m1/s1. The van der Waals surface area contributed by atoms with Crippen LogP contribution in [0.25, 0.3) is 0 Å². The number of hydrogen-bond acceptors (Lipinski definition) is 1. The molecule has 3 aromatic rings. The lowest BCUT2D eigenvalue weighted by Gasteiger charge is -2.16. The van der Waals surface area contributed by atoms with Crippen molar-refractivity contribution in [1.29, 1.82) is 0 Å². The van der Waals surface area contributed by atoms with Crippen LogP contribution in [0.15, 0.2) is 77.4 Å². The van der Waals surface area contributed by atoms with Crippen LogP contribution in [0.2, 0.25) is 5.02 Å². The van der Waals surface area contributed by atoms with Gasteiger partial charge in [-0.3, -0.25) is 0 Å². The van der Waals surface area contributed by atoms with Crippen LogP contribution < -0.4 is 5.32 Å². The summed E-state index contributed by atoms with van der Waals surface area (Å²) in [6.07, 6.45) is 2.79. The van der Waals surface area contributed by atoms with Gasteiger partial charge in [0.15, 0.2) is 0 Å².